The van der Waals surface area contributed by atoms with Crippen molar-refractivity contribution in [3.63, 3.8) is 0 Å². The lowest BCUT2D eigenvalue weighted by Crippen LogP contribution is -2.57. The van der Waals surface area contributed by atoms with Crippen molar-refractivity contribution in [3.8, 4) is 0 Å². The molecule has 1 aliphatic heterocycles. The molecule has 2 N–H and O–H groups in total. The lowest BCUT2D eigenvalue weighted by atomic mass is 9.82. The fourth-order valence-electron chi connectivity index (χ4n) is 3.59. The Balaban J connectivity index is 2.12. The van der Waals surface area contributed by atoms with Crippen molar-refractivity contribution in [1.82, 2.24) is 4.90 Å². The van der Waals surface area contributed by atoms with Crippen LogP contribution in [0.3, 0.4) is 0 Å². The maximum absolute atomic E-state index is 6.68. The molecule has 2 atom stereocenters. The largest absolute Gasteiger partial charge is 0.323 e. The zero-order chi connectivity index (χ0) is 13.0. The van der Waals surface area contributed by atoms with E-state index in [1.54, 1.807) is 0 Å². The SMILES string of the molecule is CCC(C)(C(N)C1=CCCCCC1)N1CCCC1. The van der Waals surface area contributed by atoms with Crippen LogP contribution >= 0.6 is 0 Å². The number of hydrogen-bond donors (Lipinski definition) is 1. The summed E-state index contributed by atoms with van der Waals surface area (Å²) in [5, 5.41) is 0. The van der Waals surface area contributed by atoms with E-state index in [4.69, 9.17) is 5.73 Å². The van der Waals surface area contributed by atoms with Gasteiger partial charge in [0.25, 0.3) is 0 Å². The van der Waals surface area contributed by atoms with E-state index in [-0.39, 0.29) is 11.6 Å². The smallest absolute Gasteiger partial charge is 0.0438 e. The van der Waals surface area contributed by atoms with Gasteiger partial charge in [-0.1, -0.05) is 25.0 Å². The molecule has 0 spiro atoms. The highest BCUT2D eigenvalue weighted by Gasteiger charge is 2.38. The van der Waals surface area contributed by atoms with E-state index in [0.29, 0.717) is 0 Å². The first-order valence-electron chi connectivity index (χ1n) is 7.88. The molecule has 2 aliphatic rings. The molecule has 1 saturated heterocycles. The fourth-order valence-corrected chi connectivity index (χ4v) is 3.59. The van der Waals surface area contributed by atoms with Gasteiger partial charge in [0.1, 0.15) is 0 Å². The minimum absolute atomic E-state index is 0.173. The molecule has 0 aromatic carbocycles. The van der Waals surface area contributed by atoms with Gasteiger partial charge < -0.3 is 5.73 Å². The molecule has 0 saturated carbocycles. The summed E-state index contributed by atoms with van der Waals surface area (Å²) in [4.78, 5) is 2.64. The molecule has 0 bridgehead atoms. The molecule has 104 valence electrons. The second-order valence-corrected chi connectivity index (χ2v) is 6.26. The van der Waals surface area contributed by atoms with Gasteiger partial charge in [0.2, 0.25) is 0 Å². The Hall–Kier alpha value is -0.340. The number of nitrogens with zero attached hydrogens (tertiary/aromatic N) is 1. The molecule has 18 heavy (non-hydrogen) atoms. The van der Waals surface area contributed by atoms with Gasteiger partial charge in [0.05, 0.1) is 0 Å². The van der Waals surface area contributed by atoms with Crippen molar-refractivity contribution in [3.05, 3.63) is 11.6 Å². The van der Waals surface area contributed by atoms with Crippen molar-refractivity contribution in [1.29, 1.82) is 0 Å². The standard InChI is InChI=1S/C16H30N2/c1-3-16(2,18-12-8-9-13-18)15(17)14-10-6-4-5-7-11-14/h10,15H,3-9,11-13,17H2,1-2H3. The molecule has 2 unspecified atom stereocenters. The molecule has 1 aliphatic carbocycles. The van der Waals surface area contributed by atoms with E-state index in [2.05, 4.69) is 24.8 Å². The van der Waals surface area contributed by atoms with Gasteiger partial charge in [0.15, 0.2) is 0 Å². The molecule has 0 radical (unpaired) electrons. The lowest BCUT2D eigenvalue weighted by Gasteiger charge is -2.44. The van der Waals surface area contributed by atoms with Crippen molar-refractivity contribution < 1.29 is 0 Å². The third kappa shape index (κ3) is 2.80. The summed E-state index contributed by atoms with van der Waals surface area (Å²) in [6.07, 6.45) is 12.8. The summed E-state index contributed by atoms with van der Waals surface area (Å²) in [6.45, 7) is 7.17. The Morgan fingerprint density at radius 1 is 1.22 bits per heavy atom. The van der Waals surface area contributed by atoms with Crippen LogP contribution in [0.1, 0.15) is 65.2 Å². The van der Waals surface area contributed by atoms with Crippen LogP contribution < -0.4 is 5.73 Å². The van der Waals surface area contributed by atoms with Gasteiger partial charge in [-0.25, -0.2) is 0 Å². The van der Waals surface area contributed by atoms with Gasteiger partial charge in [-0.05, 0) is 65.0 Å². The first-order chi connectivity index (χ1) is 8.68. The van der Waals surface area contributed by atoms with E-state index < -0.39 is 0 Å². The van der Waals surface area contributed by atoms with Crippen molar-refractivity contribution >= 4 is 0 Å². The van der Waals surface area contributed by atoms with Crippen LogP contribution in [0.2, 0.25) is 0 Å². The van der Waals surface area contributed by atoms with E-state index >= 15 is 0 Å². The predicted octanol–water partition coefficient (Wildman–Crippen LogP) is 3.47. The topological polar surface area (TPSA) is 29.3 Å². The van der Waals surface area contributed by atoms with Crippen molar-refractivity contribution in [2.75, 3.05) is 13.1 Å². The maximum atomic E-state index is 6.68. The number of allylic oxidation sites excluding steroid dienone is 1. The Morgan fingerprint density at radius 3 is 2.61 bits per heavy atom. The predicted molar refractivity (Wildman–Crippen MR) is 78.6 cm³/mol. The van der Waals surface area contributed by atoms with E-state index in [9.17, 15) is 0 Å². The van der Waals surface area contributed by atoms with Crippen LogP contribution in [0.25, 0.3) is 0 Å². The molecule has 0 aromatic rings. The van der Waals surface area contributed by atoms with Gasteiger partial charge in [0, 0.05) is 11.6 Å². The minimum atomic E-state index is 0.173. The molecule has 2 nitrogen and oxygen atoms in total. The highest BCUT2D eigenvalue weighted by atomic mass is 15.2. The first kappa shape index (κ1) is 14.1. The summed E-state index contributed by atoms with van der Waals surface area (Å²) in [5.74, 6) is 0. The van der Waals surface area contributed by atoms with Gasteiger partial charge in [-0.2, -0.15) is 0 Å². The van der Waals surface area contributed by atoms with Crippen LogP contribution in [0.4, 0.5) is 0 Å². The third-order valence-electron chi connectivity index (χ3n) is 5.19. The number of hydrogen-bond acceptors (Lipinski definition) is 2. The quantitative estimate of drug-likeness (QED) is 0.774. The summed E-state index contributed by atoms with van der Waals surface area (Å²) < 4.78 is 0. The molecule has 1 fully saturated rings. The minimum Gasteiger partial charge on any atom is -0.323 e. The van der Waals surface area contributed by atoms with Gasteiger partial charge >= 0.3 is 0 Å². The van der Waals surface area contributed by atoms with Crippen LogP contribution in [0.15, 0.2) is 11.6 Å². The Kier molecular flexibility index (Phi) is 4.85. The van der Waals surface area contributed by atoms with Crippen molar-refractivity contribution in [2.24, 2.45) is 5.73 Å². The number of nitrogens with two attached hydrogens (primary N) is 1. The zero-order valence-electron chi connectivity index (χ0n) is 12.3. The summed E-state index contributed by atoms with van der Waals surface area (Å²) in [7, 11) is 0. The number of rotatable bonds is 4. The Labute approximate surface area is 113 Å². The highest BCUT2D eigenvalue weighted by molar-refractivity contribution is 5.19. The van der Waals surface area contributed by atoms with Crippen molar-refractivity contribution in [2.45, 2.75) is 76.8 Å². The molecule has 2 rings (SSSR count). The zero-order valence-corrected chi connectivity index (χ0v) is 12.3. The van der Waals surface area contributed by atoms with Gasteiger partial charge in [-0.15, -0.1) is 0 Å². The van der Waals surface area contributed by atoms with Crippen LogP contribution in [0.5, 0.6) is 0 Å². The molecule has 0 amide bonds. The summed E-state index contributed by atoms with van der Waals surface area (Å²) in [6, 6.07) is 0.235. The van der Waals surface area contributed by atoms with E-state index in [0.717, 1.165) is 6.42 Å². The highest BCUT2D eigenvalue weighted by Crippen LogP contribution is 2.32. The molecule has 2 heteroatoms. The van der Waals surface area contributed by atoms with Crippen LogP contribution in [0, 0.1) is 0 Å². The molecular weight excluding hydrogens is 220 g/mol. The average Bonchev–Trinajstić information content (AvgIpc) is 2.80. The van der Waals surface area contributed by atoms with Crippen LogP contribution in [-0.4, -0.2) is 29.6 Å². The Bertz CT molecular complexity index is 291. The molecule has 0 aromatic heterocycles. The first-order valence-corrected chi connectivity index (χ1v) is 7.88. The van der Waals surface area contributed by atoms with E-state index in [1.807, 2.05) is 0 Å². The summed E-state index contributed by atoms with van der Waals surface area (Å²) >= 11 is 0. The molecular formula is C16H30N2. The lowest BCUT2D eigenvalue weighted by molar-refractivity contribution is 0.111. The second kappa shape index (κ2) is 6.21. The second-order valence-electron chi connectivity index (χ2n) is 6.26. The van der Waals surface area contributed by atoms with Crippen LogP contribution in [-0.2, 0) is 0 Å². The normalized spacial score (nSPS) is 27.4. The fraction of sp³-hybridized carbons (Fsp3) is 0.875. The number of likely N-dealkylation sites (tertiary alicyclic amines) is 1. The van der Waals surface area contributed by atoms with Gasteiger partial charge in [-0.3, -0.25) is 4.90 Å². The average molecular weight is 250 g/mol. The monoisotopic (exact) mass is 250 g/mol. The Morgan fingerprint density at radius 2 is 1.94 bits per heavy atom. The third-order valence-corrected chi connectivity index (χ3v) is 5.19. The molecule has 1 heterocycles. The van der Waals surface area contributed by atoms with E-state index in [1.165, 1.54) is 63.6 Å². The maximum Gasteiger partial charge on any atom is 0.0438 e. The summed E-state index contributed by atoms with van der Waals surface area (Å²) in [5.41, 5.74) is 8.38.